The lowest BCUT2D eigenvalue weighted by atomic mass is 10.1. The fourth-order valence-electron chi connectivity index (χ4n) is 1.38. The molecule has 0 saturated carbocycles. The normalized spacial score (nSPS) is 10.4. The fraction of sp³-hybridized carbons (Fsp3) is 0.100. The van der Waals surface area contributed by atoms with Crippen molar-refractivity contribution < 1.29 is 4.79 Å². The first-order valence-electron chi connectivity index (χ1n) is 4.19. The fourth-order valence-corrected chi connectivity index (χ4v) is 1.38. The molecular weight excluding hydrogens is 178 g/mol. The standard InChI is InChI=1S/C10H9N3O/c1-6-8-5-12-3-2-7(8)4-9(13-6)10(11)14/h2-5H,1H3,(H2,11,14). The average Bonchev–Trinajstić information content (AvgIpc) is 2.17. The summed E-state index contributed by atoms with van der Waals surface area (Å²) >= 11 is 0. The van der Waals surface area contributed by atoms with Gasteiger partial charge in [-0.3, -0.25) is 9.78 Å². The van der Waals surface area contributed by atoms with Crippen LogP contribution < -0.4 is 5.73 Å². The molecule has 0 bridgehead atoms. The van der Waals surface area contributed by atoms with Crippen LogP contribution >= 0.6 is 0 Å². The lowest BCUT2D eigenvalue weighted by molar-refractivity contribution is 0.0995. The smallest absolute Gasteiger partial charge is 0.267 e. The predicted molar refractivity (Wildman–Crippen MR) is 52.8 cm³/mol. The second-order valence-electron chi connectivity index (χ2n) is 3.05. The lowest BCUT2D eigenvalue weighted by Crippen LogP contribution is -2.13. The maximum atomic E-state index is 10.9. The zero-order valence-corrected chi connectivity index (χ0v) is 7.69. The first-order chi connectivity index (χ1) is 6.68. The van der Waals surface area contributed by atoms with Crippen LogP contribution in [0.1, 0.15) is 16.2 Å². The molecule has 70 valence electrons. The first kappa shape index (κ1) is 8.62. The third kappa shape index (κ3) is 1.31. The molecule has 0 unspecified atom stereocenters. The number of aromatic nitrogens is 2. The van der Waals surface area contributed by atoms with E-state index in [0.29, 0.717) is 5.69 Å². The number of primary amides is 1. The van der Waals surface area contributed by atoms with Crippen molar-refractivity contribution >= 4 is 16.7 Å². The number of hydrogen-bond acceptors (Lipinski definition) is 3. The van der Waals surface area contributed by atoms with E-state index in [4.69, 9.17) is 5.73 Å². The molecular formula is C10H9N3O. The monoisotopic (exact) mass is 187 g/mol. The molecule has 0 aliphatic heterocycles. The van der Waals surface area contributed by atoms with Crippen LogP contribution in [0.25, 0.3) is 10.8 Å². The van der Waals surface area contributed by atoms with Crippen LogP contribution in [-0.4, -0.2) is 15.9 Å². The molecule has 2 rings (SSSR count). The van der Waals surface area contributed by atoms with Crippen LogP contribution in [0, 0.1) is 6.92 Å². The van der Waals surface area contributed by atoms with Gasteiger partial charge < -0.3 is 5.73 Å². The largest absolute Gasteiger partial charge is 0.364 e. The van der Waals surface area contributed by atoms with Gasteiger partial charge in [-0.2, -0.15) is 0 Å². The summed E-state index contributed by atoms with van der Waals surface area (Å²) in [7, 11) is 0. The maximum absolute atomic E-state index is 10.9. The number of aryl methyl sites for hydroxylation is 1. The van der Waals surface area contributed by atoms with Gasteiger partial charge in [-0.15, -0.1) is 0 Å². The van der Waals surface area contributed by atoms with Gasteiger partial charge >= 0.3 is 0 Å². The molecule has 2 aromatic rings. The van der Waals surface area contributed by atoms with Gasteiger partial charge in [-0.1, -0.05) is 0 Å². The van der Waals surface area contributed by atoms with Crippen molar-refractivity contribution in [3.05, 3.63) is 35.9 Å². The number of hydrogen-bond donors (Lipinski definition) is 1. The Labute approximate surface area is 80.8 Å². The Morgan fingerprint density at radius 3 is 3.00 bits per heavy atom. The minimum absolute atomic E-state index is 0.293. The average molecular weight is 187 g/mol. The lowest BCUT2D eigenvalue weighted by Gasteiger charge is -2.02. The van der Waals surface area contributed by atoms with Gasteiger partial charge in [0, 0.05) is 23.5 Å². The van der Waals surface area contributed by atoms with Crippen LogP contribution in [0.3, 0.4) is 0 Å². The summed E-state index contributed by atoms with van der Waals surface area (Å²) < 4.78 is 0. The summed E-state index contributed by atoms with van der Waals surface area (Å²) in [4.78, 5) is 19.0. The van der Waals surface area contributed by atoms with Crippen molar-refractivity contribution in [2.75, 3.05) is 0 Å². The van der Waals surface area contributed by atoms with Crippen LogP contribution in [0.5, 0.6) is 0 Å². The molecule has 0 aromatic carbocycles. The minimum atomic E-state index is -0.508. The third-order valence-electron chi connectivity index (χ3n) is 2.08. The summed E-state index contributed by atoms with van der Waals surface area (Å²) in [6.07, 6.45) is 3.40. The number of carbonyl (C=O) groups is 1. The number of rotatable bonds is 1. The van der Waals surface area contributed by atoms with Gasteiger partial charge in [-0.05, 0) is 24.4 Å². The number of amides is 1. The summed E-state index contributed by atoms with van der Waals surface area (Å²) in [5.74, 6) is -0.508. The van der Waals surface area contributed by atoms with Crippen LogP contribution in [0.15, 0.2) is 24.5 Å². The Morgan fingerprint density at radius 2 is 2.29 bits per heavy atom. The van der Waals surface area contributed by atoms with Gasteiger partial charge in [-0.25, -0.2) is 4.98 Å². The summed E-state index contributed by atoms with van der Waals surface area (Å²) in [5, 5.41) is 1.87. The van der Waals surface area contributed by atoms with Crippen molar-refractivity contribution in [2.45, 2.75) is 6.92 Å². The molecule has 0 spiro atoms. The van der Waals surface area contributed by atoms with Crippen molar-refractivity contribution in [1.82, 2.24) is 9.97 Å². The SMILES string of the molecule is Cc1nc(C(N)=O)cc2ccncc12. The van der Waals surface area contributed by atoms with E-state index in [0.717, 1.165) is 16.5 Å². The number of nitrogens with zero attached hydrogens (tertiary/aromatic N) is 2. The van der Waals surface area contributed by atoms with E-state index in [2.05, 4.69) is 9.97 Å². The molecule has 14 heavy (non-hydrogen) atoms. The van der Waals surface area contributed by atoms with Crippen LogP contribution in [0.4, 0.5) is 0 Å². The van der Waals surface area contributed by atoms with Gasteiger partial charge in [0.15, 0.2) is 0 Å². The van der Waals surface area contributed by atoms with E-state index in [1.54, 1.807) is 18.5 Å². The van der Waals surface area contributed by atoms with Crippen molar-refractivity contribution in [2.24, 2.45) is 5.73 Å². The maximum Gasteiger partial charge on any atom is 0.267 e. The van der Waals surface area contributed by atoms with Crippen molar-refractivity contribution in [3.63, 3.8) is 0 Å². The van der Waals surface area contributed by atoms with E-state index in [1.807, 2.05) is 13.0 Å². The molecule has 4 heteroatoms. The molecule has 2 aromatic heterocycles. The molecule has 0 aliphatic carbocycles. The summed E-state index contributed by atoms with van der Waals surface area (Å²) in [6, 6.07) is 3.50. The highest BCUT2D eigenvalue weighted by atomic mass is 16.1. The Bertz CT molecular complexity index is 508. The second-order valence-corrected chi connectivity index (χ2v) is 3.05. The molecule has 2 N–H and O–H groups in total. The molecule has 0 saturated heterocycles. The Hall–Kier alpha value is -1.97. The zero-order chi connectivity index (χ0) is 10.1. The van der Waals surface area contributed by atoms with Crippen LogP contribution in [-0.2, 0) is 0 Å². The van der Waals surface area contributed by atoms with E-state index >= 15 is 0 Å². The number of carbonyl (C=O) groups excluding carboxylic acids is 1. The van der Waals surface area contributed by atoms with Gasteiger partial charge in [0.2, 0.25) is 0 Å². The second kappa shape index (κ2) is 3.06. The Morgan fingerprint density at radius 1 is 1.50 bits per heavy atom. The number of fused-ring (bicyclic) bond motifs is 1. The van der Waals surface area contributed by atoms with E-state index in [1.165, 1.54) is 0 Å². The summed E-state index contributed by atoms with van der Waals surface area (Å²) in [5.41, 5.74) is 6.22. The molecule has 1 amide bonds. The first-order valence-corrected chi connectivity index (χ1v) is 4.19. The predicted octanol–water partition coefficient (Wildman–Crippen LogP) is 1.04. The highest BCUT2D eigenvalue weighted by molar-refractivity contribution is 5.95. The van der Waals surface area contributed by atoms with Crippen molar-refractivity contribution in [1.29, 1.82) is 0 Å². The molecule has 4 nitrogen and oxygen atoms in total. The van der Waals surface area contributed by atoms with E-state index < -0.39 is 5.91 Å². The van der Waals surface area contributed by atoms with E-state index in [-0.39, 0.29) is 0 Å². The molecule has 0 fully saturated rings. The van der Waals surface area contributed by atoms with Gasteiger partial charge in [0.05, 0.1) is 0 Å². The highest BCUT2D eigenvalue weighted by Crippen LogP contribution is 2.15. The zero-order valence-electron chi connectivity index (χ0n) is 7.69. The quantitative estimate of drug-likeness (QED) is 0.725. The Kier molecular flexibility index (Phi) is 1.89. The topological polar surface area (TPSA) is 68.9 Å². The molecule has 0 aliphatic rings. The highest BCUT2D eigenvalue weighted by Gasteiger charge is 2.06. The third-order valence-corrected chi connectivity index (χ3v) is 2.08. The van der Waals surface area contributed by atoms with Gasteiger partial charge in [0.25, 0.3) is 5.91 Å². The molecule has 0 atom stereocenters. The van der Waals surface area contributed by atoms with E-state index in [9.17, 15) is 4.79 Å². The number of nitrogens with two attached hydrogens (primary N) is 1. The minimum Gasteiger partial charge on any atom is -0.364 e. The summed E-state index contributed by atoms with van der Waals surface area (Å²) in [6.45, 7) is 1.83. The van der Waals surface area contributed by atoms with Crippen molar-refractivity contribution in [3.8, 4) is 0 Å². The Balaban J connectivity index is 2.78. The van der Waals surface area contributed by atoms with Gasteiger partial charge in [0.1, 0.15) is 5.69 Å². The molecule has 2 heterocycles. The molecule has 0 radical (unpaired) electrons. The number of pyridine rings is 2. The van der Waals surface area contributed by atoms with Crippen LogP contribution in [0.2, 0.25) is 0 Å².